The quantitative estimate of drug-likeness (QED) is 0.275. The maximum atomic E-state index is 3.66. The molecule has 0 aliphatic carbocycles. The molecule has 0 atom stereocenters. The molecule has 1 heterocycles. The van der Waals surface area contributed by atoms with E-state index in [-0.39, 0.29) is 35.5 Å². The van der Waals surface area contributed by atoms with Crippen molar-refractivity contribution < 1.29 is 12.4 Å². The van der Waals surface area contributed by atoms with E-state index < -0.39 is 0 Å². The number of rotatable bonds is 0. The van der Waals surface area contributed by atoms with Gasteiger partial charge in [-0.2, -0.15) is 0 Å². The molecule has 2 nitrogen and oxygen atoms in total. The number of imidazole rings is 1. The number of aromatic nitrogens is 2. The molecule has 1 rings (SSSR count). The van der Waals surface area contributed by atoms with Crippen LogP contribution in [-0.2, 0) is 7.05 Å². The Hall–Kier alpha value is 0.266. The summed E-state index contributed by atoms with van der Waals surface area (Å²) in [5.41, 5.74) is 0. The maximum absolute atomic E-state index is 3.66. The molecule has 0 unspecified atom stereocenters. The second-order valence-electron chi connectivity index (χ2n) is 1.14. The van der Waals surface area contributed by atoms with E-state index in [9.17, 15) is 0 Å². The van der Waals surface area contributed by atoms with Crippen LogP contribution in [0.15, 0.2) is 12.4 Å². The van der Waals surface area contributed by atoms with E-state index in [1.165, 1.54) is 0 Å². The van der Waals surface area contributed by atoms with E-state index in [4.69, 9.17) is 0 Å². The molecule has 0 fully saturated rings. The molecule has 1 aromatic rings. The first kappa shape index (κ1) is 11.1. The molecule has 0 bridgehead atoms. The molecule has 0 spiro atoms. The molecule has 8 heavy (non-hydrogen) atoms. The zero-order valence-corrected chi connectivity index (χ0v) is 6.80. The van der Waals surface area contributed by atoms with Crippen molar-refractivity contribution in [3.8, 4) is 0 Å². The Bertz CT molecular complexity index is 118. The fourth-order valence-corrected chi connectivity index (χ4v) is 0.291. The Morgan fingerprint density at radius 1 is 1.62 bits per heavy atom. The van der Waals surface area contributed by atoms with Crippen LogP contribution < -0.4 is 12.4 Å². The van der Waals surface area contributed by atoms with Crippen molar-refractivity contribution >= 4 is 23.1 Å². The molecule has 0 aliphatic rings. The first-order valence-corrected chi connectivity index (χ1v) is 1.74. The SMILES string of the molecule is Cn1[c-]ncc1.[Cl-].[Mg+2]. The summed E-state index contributed by atoms with van der Waals surface area (Å²) in [7, 11) is 1.88. The number of halogens is 1. The molecule has 0 amide bonds. The van der Waals surface area contributed by atoms with Gasteiger partial charge in [-0.1, -0.05) is 0 Å². The Kier molecular flexibility index (Phi) is 7.51. The van der Waals surface area contributed by atoms with Crippen molar-refractivity contribution in [3.05, 3.63) is 18.7 Å². The van der Waals surface area contributed by atoms with Crippen molar-refractivity contribution in [2.75, 3.05) is 0 Å². The van der Waals surface area contributed by atoms with E-state index in [0.29, 0.717) is 0 Å². The molecule has 0 saturated heterocycles. The molecule has 0 radical (unpaired) electrons. The van der Waals surface area contributed by atoms with Gasteiger partial charge in [0.15, 0.2) is 0 Å². The van der Waals surface area contributed by atoms with Gasteiger partial charge in [-0.3, -0.25) is 0 Å². The van der Waals surface area contributed by atoms with Crippen LogP contribution in [0.1, 0.15) is 0 Å². The van der Waals surface area contributed by atoms with Crippen LogP contribution in [0.4, 0.5) is 0 Å². The van der Waals surface area contributed by atoms with Gasteiger partial charge in [-0.25, -0.2) is 0 Å². The van der Waals surface area contributed by atoms with Gasteiger partial charge in [0.2, 0.25) is 0 Å². The Labute approximate surface area is 70.9 Å². The summed E-state index contributed by atoms with van der Waals surface area (Å²) in [6.45, 7) is 0. The van der Waals surface area contributed by atoms with E-state index in [0.717, 1.165) is 0 Å². The Balaban J connectivity index is 0. The fourth-order valence-electron chi connectivity index (χ4n) is 0.291. The molecule has 4 heteroatoms. The second-order valence-corrected chi connectivity index (χ2v) is 1.14. The zero-order chi connectivity index (χ0) is 4.41. The summed E-state index contributed by atoms with van der Waals surface area (Å²) in [5.74, 6) is 0. The molecule has 0 aromatic carbocycles. The minimum atomic E-state index is 0. The third-order valence-corrected chi connectivity index (χ3v) is 0.580. The Morgan fingerprint density at radius 2 is 2.25 bits per heavy atom. The molecular weight excluding hydrogens is 136 g/mol. The van der Waals surface area contributed by atoms with Crippen LogP contribution in [0.2, 0.25) is 0 Å². The standard InChI is InChI=1S/C4H5N2.ClH.Mg/c1-6-3-2-5-4-6;;/h2-3H,1H3;1H;/q-1;;+2/p-1. The number of aryl methyl sites for hydroxylation is 1. The summed E-state index contributed by atoms with van der Waals surface area (Å²) in [6, 6.07) is 0. The first-order valence-electron chi connectivity index (χ1n) is 1.74. The largest absolute Gasteiger partial charge is 2.00 e. The summed E-state index contributed by atoms with van der Waals surface area (Å²) in [5, 5.41) is 0. The monoisotopic (exact) mass is 140 g/mol. The van der Waals surface area contributed by atoms with Crippen molar-refractivity contribution in [2.45, 2.75) is 0 Å². The van der Waals surface area contributed by atoms with Gasteiger partial charge in [0.25, 0.3) is 0 Å². The summed E-state index contributed by atoms with van der Waals surface area (Å²) >= 11 is 0. The van der Waals surface area contributed by atoms with Crippen LogP contribution in [0.25, 0.3) is 0 Å². The van der Waals surface area contributed by atoms with Crippen molar-refractivity contribution in [1.29, 1.82) is 0 Å². The summed E-state index contributed by atoms with van der Waals surface area (Å²) in [6.07, 6.45) is 6.19. The van der Waals surface area contributed by atoms with E-state index in [1.54, 1.807) is 10.8 Å². The smallest absolute Gasteiger partial charge is 1.00 e. The van der Waals surface area contributed by atoms with E-state index in [2.05, 4.69) is 11.3 Å². The summed E-state index contributed by atoms with van der Waals surface area (Å²) in [4.78, 5) is 3.66. The van der Waals surface area contributed by atoms with Crippen LogP contribution in [-0.4, -0.2) is 32.6 Å². The predicted octanol–water partition coefficient (Wildman–Crippen LogP) is -3.16. The molecule has 1 aromatic heterocycles. The van der Waals surface area contributed by atoms with Gasteiger partial charge in [-0.05, 0) is 7.05 Å². The number of nitrogens with zero attached hydrogens (tertiary/aromatic N) is 2. The predicted molar refractivity (Wildman–Crippen MR) is 27.8 cm³/mol. The van der Waals surface area contributed by atoms with Crippen molar-refractivity contribution in [2.24, 2.45) is 7.05 Å². The van der Waals surface area contributed by atoms with Gasteiger partial charge in [0, 0.05) is 6.33 Å². The van der Waals surface area contributed by atoms with Gasteiger partial charge < -0.3 is 22.0 Å². The zero-order valence-electron chi connectivity index (χ0n) is 4.63. The normalized spacial score (nSPS) is 6.62. The van der Waals surface area contributed by atoms with Crippen LogP contribution in [0.5, 0.6) is 0 Å². The second kappa shape index (κ2) is 5.40. The average Bonchev–Trinajstić information content (AvgIpc) is 1.86. The average molecular weight is 141 g/mol. The number of hydrogen-bond acceptors (Lipinski definition) is 1. The molecule has 40 valence electrons. The van der Waals surface area contributed by atoms with Gasteiger partial charge in [-0.15, -0.1) is 12.4 Å². The molecular formula is C4H5ClMgN2. The number of hydrogen-bond donors (Lipinski definition) is 0. The van der Waals surface area contributed by atoms with Crippen LogP contribution in [0.3, 0.4) is 0 Å². The molecule has 0 saturated carbocycles. The van der Waals surface area contributed by atoms with Crippen molar-refractivity contribution in [3.63, 3.8) is 0 Å². The van der Waals surface area contributed by atoms with Gasteiger partial charge in [0.05, 0.1) is 0 Å². The minimum absolute atomic E-state index is 0. The van der Waals surface area contributed by atoms with Crippen LogP contribution in [0, 0.1) is 6.33 Å². The third-order valence-electron chi connectivity index (χ3n) is 0.580. The fraction of sp³-hybridized carbons (Fsp3) is 0.250. The first-order chi connectivity index (χ1) is 2.89. The van der Waals surface area contributed by atoms with Crippen LogP contribution >= 0.6 is 0 Å². The maximum Gasteiger partial charge on any atom is 2.00 e. The Morgan fingerprint density at radius 3 is 2.38 bits per heavy atom. The molecule has 0 N–H and O–H groups in total. The summed E-state index contributed by atoms with van der Waals surface area (Å²) < 4.78 is 1.76. The van der Waals surface area contributed by atoms with Gasteiger partial charge >= 0.3 is 23.1 Å². The third kappa shape index (κ3) is 3.29. The van der Waals surface area contributed by atoms with E-state index in [1.807, 2.05) is 13.2 Å². The molecule has 0 aliphatic heterocycles. The van der Waals surface area contributed by atoms with E-state index >= 15 is 0 Å². The van der Waals surface area contributed by atoms with Gasteiger partial charge in [0.1, 0.15) is 0 Å². The minimum Gasteiger partial charge on any atom is -1.00 e. The van der Waals surface area contributed by atoms with Crippen molar-refractivity contribution in [1.82, 2.24) is 9.55 Å². The topological polar surface area (TPSA) is 17.8 Å².